The second-order valence-corrected chi connectivity index (χ2v) is 2.92. The summed E-state index contributed by atoms with van der Waals surface area (Å²) in [4.78, 5) is 0. The van der Waals surface area contributed by atoms with Crippen LogP contribution in [0.5, 0.6) is 0 Å². The lowest BCUT2D eigenvalue weighted by Gasteiger charge is -1.99. The van der Waals surface area contributed by atoms with Crippen molar-refractivity contribution in [3.8, 4) is 22.7 Å². The van der Waals surface area contributed by atoms with Crippen LogP contribution in [0.1, 0.15) is 0 Å². The monoisotopic (exact) mass is 186 g/mol. The molecule has 1 aliphatic carbocycles. The summed E-state index contributed by atoms with van der Waals surface area (Å²) in [6.45, 7) is 0. The van der Waals surface area contributed by atoms with Gasteiger partial charge in [-0.05, 0) is 16.8 Å². The van der Waals surface area contributed by atoms with Crippen LogP contribution in [0.25, 0.3) is 22.7 Å². The Bertz CT molecular complexity index is 514. The van der Waals surface area contributed by atoms with Crippen molar-refractivity contribution in [3.05, 3.63) is 30.5 Å². The highest BCUT2D eigenvalue weighted by Crippen LogP contribution is 2.27. The molecule has 0 saturated carbocycles. The third-order valence-corrected chi connectivity index (χ3v) is 2.05. The smallest absolute Gasteiger partial charge is 0.239 e. The lowest BCUT2D eigenvalue weighted by molar-refractivity contribution is 0.563. The summed E-state index contributed by atoms with van der Waals surface area (Å²) < 4.78 is 5.36. The van der Waals surface area contributed by atoms with E-state index in [0.717, 1.165) is 11.1 Å². The minimum absolute atomic E-state index is 0.466. The van der Waals surface area contributed by atoms with Crippen molar-refractivity contribution in [1.82, 2.24) is 20.6 Å². The number of aromatic amines is 1. The zero-order chi connectivity index (χ0) is 9.38. The number of H-pyrrole nitrogens is 1. The van der Waals surface area contributed by atoms with E-state index in [0.29, 0.717) is 11.6 Å². The van der Waals surface area contributed by atoms with E-state index in [1.165, 1.54) is 0 Å². The van der Waals surface area contributed by atoms with Gasteiger partial charge < -0.3 is 4.42 Å². The predicted molar refractivity (Wildman–Crippen MR) is 48.5 cm³/mol. The summed E-state index contributed by atoms with van der Waals surface area (Å²) in [5.41, 5.74) is 2.17. The molecule has 0 spiro atoms. The van der Waals surface area contributed by atoms with Gasteiger partial charge >= 0.3 is 0 Å². The summed E-state index contributed by atoms with van der Waals surface area (Å²) in [5, 5.41) is 13.5. The van der Waals surface area contributed by atoms with E-state index in [-0.39, 0.29) is 0 Å². The number of nitrogens with one attached hydrogen (secondary N) is 1. The van der Waals surface area contributed by atoms with Gasteiger partial charge in [-0.1, -0.05) is 18.2 Å². The maximum atomic E-state index is 5.36. The summed E-state index contributed by atoms with van der Waals surface area (Å²) in [7, 11) is 0. The van der Waals surface area contributed by atoms with Gasteiger partial charge in [0.15, 0.2) is 5.76 Å². The van der Waals surface area contributed by atoms with Crippen LogP contribution in [0.2, 0.25) is 0 Å². The van der Waals surface area contributed by atoms with E-state index >= 15 is 0 Å². The van der Waals surface area contributed by atoms with Gasteiger partial charge in [0.2, 0.25) is 5.82 Å². The molecule has 5 nitrogen and oxygen atoms in total. The van der Waals surface area contributed by atoms with E-state index < -0.39 is 0 Å². The average Bonchev–Trinajstić information content (AvgIpc) is 2.88. The second-order valence-electron chi connectivity index (χ2n) is 2.92. The standard InChI is InChI=1S/C9H6N4O/c1-2-6-4-8(9-10-12-13-11-9)14-5-7(6)3-1/h1-5H,(H,10,11,12,13). The molecule has 0 amide bonds. The van der Waals surface area contributed by atoms with Crippen LogP contribution in [0.15, 0.2) is 34.9 Å². The molecule has 0 fully saturated rings. The molecule has 0 unspecified atom stereocenters. The Labute approximate surface area is 79.1 Å². The van der Waals surface area contributed by atoms with Crippen LogP contribution in [-0.2, 0) is 0 Å². The van der Waals surface area contributed by atoms with E-state index in [4.69, 9.17) is 4.42 Å². The van der Waals surface area contributed by atoms with Crippen LogP contribution in [-0.4, -0.2) is 20.6 Å². The Hall–Kier alpha value is -2.17. The second kappa shape index (κ2) is 2.66. The zero-order valence-electron chi connectivity index (χ0n) is 7.14. The van der Waals surface area contributed by atoms with Crippen LogP contribution in [0, 0.1) is 0 Å². The third-order valence-electron chi connectivity index (χ3n) is 2.05. The van der Waals surface area contributed by atoms with Crippen LogP contribution in [0.3, 0.4) is 0 Å². The molecule has 2 heterocycles. The fourth-order valence-corrected chi connectivity index (χ4v) is 1.37. The van der Waals surface area contributed by atoms with Crippen molar-refractivity contribution in [2.45, 2.75) is 0 Å². The topological polar surface area (TPSA) is 67.6 Å². The highest BCUT2D eigenvalue weighted by Gasteiger charge is 2.09. The van der Waals surface area contributed by atoms with Crippen molar-refractivity contribution < 1.29 is 4.42 Å². The summed E-state index contributed by atoms with van der Waals surface area (Å²) in [6, 6.07) is 7.85. The fourth-order valence-electron chi connectivity index (χ4n) is 1.37. The highest BCUT2D eigenvalue weighted by molar-refractivity contribution is 5.68. The first-order chi connectivity index (χ1) is 6.93. The number of tetrazole rings is 1. The number of hydrogen-bond donors (Lipinski definition) is 1. The molecular formula is C9H6N4O. The highest BCUT2D eigenvalue weighted by atomic mass is 16.3. The maximum absolute atomic E-state index is 5.36. The normalized spacial score (nSPS) is 10.9. The summed E-state index contributed by atoms with van der Waals surface area (Å²) in [5.74, 6) is 1.07. The first kappa shape index (κ1) is 7.25. The number of nitrogens with zero attached hydrogens (tertiary/aromatic N) is 3. The Morgan fingerprint density at radius 1 is 1.21 bits per heavy atom. The third kappa shape index (κ3) is 0.990. The van der Waals surface area contributed by atoms with Gasteiger partial charge in [-0.2, -0.15) is 5.21 Å². The van der Waals surface area contributed by atoms with Gasteiger partial charge in [0.05, 0.1) is 6.26 Å². The predicted octanol–water partition coefficient (Wildman–Crippen LogP) is 1.56. The molecule has 1 aromatic rings. The van der Waals surface area contributed by atoms with E-state index in [1.807, 2.05) is 24.3 Å². The summed E-state index contributed by atoms with van der Waals surface area (Å²) >= 11 is 0. The lowest BCUT2D eigenvalue weighted by atomic mass is 10.2. The van der Waals surface area contributed by atoms with E-state index in [1.54, 1.807) is 6.26 Å². The Kier molecular flexibility index (Phi) is 1.38. The van der Waals surface area contributed by atoms with E-state index in [2.05, 4.69) is 20.6 Å². The van der Waals surface area contributed by atoms with Crippen LogP contribution < -0.4 is 0 Å². The van der Waals surface area contributed by atoms with Crippen molar-refractivity contribution in [2.75, 3.05) is 0 Å². The van der Waals surface area contributed by atoms with Crippen LogP contribution in [0.4, 0.5) is 0 Å². The van der Waals surface area contributed by atoms with Gasteiger partial charge in [-0.15, -0.1) is 10.2 Å². The maximum Gasteiger partial charge on any atom is 0.239 e. The van der Waals surface area contributed by atoms with Gasteiger partial charge in [0, 0.05) is 5.56 Å². The molecule has 2 aliphatic rings. The Balaban J connectivity index is 2.20. The minimum atomic E-state index is 0.466. The minimum Gasteiger partial charge on any atom is -0.460 e. The van der Waals surface area contributed by atoms with E-state index in [9.17, 15) is 0 Å². The largest absolute Gasteiger partial charge is 0.460 e. The molecule has 3 rings (SSSR count). The first-order valence-electron chi connectivity index (χ1n) is 4.14. The quantitative estimate of drug-likeness (QED) is 0.626. The van der Waals surface area contributed by atoms with Crippen molar-refractivity contribution >= 4 is 0 Å². The Morgan fingerprint density at radius 3 is 3.00 bits per heavy atom. The van der Waals surface area contributed by atoms with Crippen LogP contribution >= 0.6 is 0 Å². The van der Waals surface area contributed by atoms with Crippen molar-refractivity contribution in [2.24, 2.45) is 0 Å². The van der Waals surface area contributed by atoms with Gasteiger partial charge in [0.25, 0.3) is 0 Å². The molecular weight excluding hydrogens is 180 g/mol. The first-order valence-corrected chi connectivity index (χ1v) is 4.14. The SMILES string of the molecule is c1cc2coc(-c3nn[nH]n3)cc-2c1. The number of aromatic nitrogens is 4. The van der Waals surface area contributed by atoms with Gasteiger partial charge in [-0.25, -0.2) is 0 Å². The molecule has 0 bridgehead atoms. The van der Waals surface area contributed by atoms with Crippen molar-refractivity contribution in [3.63, 3.8) is 0 Å². The zero-order valence-corrected chi connectivity index (χ0v) is 7.14. The number of hydrogen-bond acceptors (Lipinski definition) is 4. The molecule has 1 N–H and O–H groups in total. The van der Waals surface area contributed by atoms with Gasteiger partial charge in [0.1, 0.15) is 0 Å². The molecule has 5 heteroatoms. The molecule has 14 heavy (non-hydrogen) atoms. The molecule has 0 radical (unpaired) electrons. The number of fused-ring (bicyclic) bond motifs is 1. The molecule has 0 aromatic carbocycles. The molecule has 0 saturated heterocycles. The Morgan fingerprint density at radius 2 is 2.14 bits per heavy atom. The van der Waals surface area contributed by atoms with Gasteiger partial charge in [-0.3, -0.25) is 0 Å². The average molecular weight is 186 g/mol. The molecule has 0 atom stereocenters. The van der Waals surface area contributed by atoms with Crippen molar-refractivity contribution in [1.29, 1.82) is 0 Å². The summed E-state index contributed by atoms with van der Waals surface area (Å²) in [6.07, 6.45) is 1.68. The fraction of sp³-hybridized carbons (Fsp3) is 0. The molecule has 68 valence electrons. The molecule has 1 aromatic heterocycles. The molecule has 1 aliphatic heterocycles. The number of rotatable bonds is 1. The lowest BCUT2D eigenvalue weighted by Crippen LogP contribution is -1.82.